The number of anilines is 1. The van der Waals surface area contributed by atoms with Gasteiger partial charge in [0.15, 0.2) is 29.6 Å². The minimum Gasteiger partial charge on any atom is -0.493 e. The number of methoxy groups -OCH3 is 5. The molecule has 0 saturated carbocycles. The Hall–Kier alpha value is -8.69. The highest BCUT2D eigenvalue weighted by Crippen LogP contribution is 2.43. The standard InChI is InChI=1S/C61H67N5O16/c1-7-41(38-29-48(77-4)55(79-6)49(30-38)78-5)58(70)65-24-10-14-42(54(65)61(73)74)37(26-35-18-22-45(75-2)47(28-35)76-3)25-34-16-19-40(20-17-34)80-32-50-57(82-50)62-31-36-11-8-12-39(27-36)63-52(68)33-81-46-15-9-13-43-53(46)60(72)66(59(43)71)44-21-23-51(67)64-56(44)69/h8-9,11-13,15-20,22,27-30,37,41-42,44,50,54,57,62H,7,10,14,21,23-26,31-33H2,1-6H3,(H,63,68)(H,73,74)(H,64,67,69)/t37?,41-,42?,44?,50?,54-,57?/m0/s1. The zero-order chi connectivity index (χ0) is 58.2. The van der Waals surface area contributed by atoms with Gasteiger partial charge in [-0.2, -0.15) is 0 Å². The van der Waals surface area contributed by atoms with Crippen LogP contribution in [0, 0.1) is 11.8 Å². The molecule has 0 spiro atoms. The van der Waals surface area contributed by atoms with Crippen molar-refractivity contribution in [2.75, 3.05) is 60.6 Å². The lowest BCUT2D eigenvalue weighted by Crippen LogP contribution is -2.56. The monoisotopic (exact) mass is 1130 g/mol. The van der Waals surface area contributed by atoms with Crippen LogP contribution in [0.2, 0.25) is 0 Å². The Kier molecular flexibility index (Phi) is 18.3. The third-order valence-corrected chi connectivity index (χ3v) is 15.5. The smallest absolute Gasteiger partial charge is 0.326 e. The summed E-state index contributed by atoms with van der Waals surface area (Å²) in [6, 6.07) is 26.3. The molecule has 6 amide bonds. The second kappa shape index (κ2) is 25.8. The van der Waals surface area contributed by atoms with Gasteiger partial charge in [-0.3, -0.25) is 44.3 Å². The first-order valence-electron chi connectivity index (χ1n) is 27.2. The summed E-state index contributed by atoms with van der Waals surface area (Å²) in [5.41, 5.74) is 3.88. The molecule has 4 aliphatic heterocycles. The maximum absolute atomic E-state index is 14.7. The van der Waals surface area contributed by atoms with Gasteiger partial charge in [-0.25, -0.2) is 4.79 Å². The van der Waals surface area contributed by atoms with Crippen molar-refractivity contribution in [1.29, 1.82) is 0 Å². The highest BCUT2D eigenvalue weighted by molar-refractivity contribution is 6.24. The van der Waals surface area contributed by atoms with Gasteiger partial charge in [0.2, 0.25) is 23.5 Å². The third-order valence-electron chi connectivity index (χ3n) is 15.5. The van der Waals surface area contributed by atoms with E-state index in [-0.39, 0.29) is 60.5 Å². The van der Waals surface area contributed by atoms with Crippen molar-refractivity contribution in [3.63, 3.8) is 0 Å². The number of amides is 6. The molecule has 0 bridgehead atoms. The fraction of sp³-hybridized carbons (Fsp3) is 0.393. The topological polar surface area (TPSA) is 259 Å². The van der Waals surface area contributed by atoms with Gasteiger partial charge in [0.1, 0.15) is 42.5 Å². The number of fused-ring (bicyclic) bond motifs is 1. The van der Waals surface area contributed by atoms with Crippen LogP contribution >= 0.6 is 0 Å². The van der Waals surface area contributed by atoms with Gasteiger partial charge in [0, 0.05) is 25.2 Å². The van der Waals surface area contributed by atoms with Crippen molar-refractivity contribution in [3.8, 4) is 40.2 Å². The molecule has 4 heterocycles. The number of aliphatic carboxylic acids is 1. The van der Waals surface area contributed by atoms with Gasteiger partial charge in [-0.05, 0) is 133 Å². The Morgan fingerprint density at radius 1 is 0.744 bits per heavy atom. The first-order valence-corrected chi connectivity index (χ1v) is 27.2. The van der Waals surface area contributed by atoms with E-state index in [2.05, 4.69) is 16.0 Å². The van der Waals surface area contributed by atoms with Crippen LogP contribution in [0.4, 0.5) is 5.69 Å². The number of carboxylic acids is 1. The molecule has 0 radical (unpaired) electrons. The van der Waals surface area contributed by atoms with Crippen molar-refractivity contribution < 1.29 is 76.6 Å². The number of piperidine rings is 2. The number of carbonyl (C=O) groups excluding carboxylic acids is 6. The van der Waals surface area contributed by atoms with E-state index in [0.29, 0.717) is 90.9 Å². The molecule has 21 heteroatoms. The summed E-state index contributed by atoms with van der Waals surface area (Å²) < 4.78 is 45.7. The molecular formula is C61H67N5O16. The molecular weight excluding hydrogens is 1060 g/mol. The average Bonchev–Trinajstić information content (AvgIpc) is 4.30. The second-order valence-corrected chi connectivity index (χ2v) is 20.5. The molecule has 432 valence electrons. The number of carbonyl (C=O) groups is 7. The normalized spacial score (nSPS) is 20.0. The van der Waals surface area contributed by atoms with Crippen LogP contribution in [0.15, 0.2) is 97.1 Å². The SMILES string of the molecule is CC[C@H](C(=O)N1CCCC(C(Cc2ccc(OCC3OC3NCc3cccc(NC(=O)COc4cccc5c4C(=O)N(C4CCC(=O)NC4=O)C5=O)c3)cc2)Cc2ccc(OC)c(OC)c2)[C@H]1C(=O)O)c1cc(OC)c(OC)c(OC)c1. The van der Waals surface area contributed by atoms with Crippen LogP contribution in [0.5, 0.6) is 40.2 Å². The molecule has 5 unspecified atom stereocenters. The van der Waals surface area contributed by atoms with E-state index in [9.17, 15) is 38.7 Å². The van der Waals surface area contributed by atoms with Gasteiger partial charge < -0.3 is 53.2 Å². The van der Waals surface area contributed by atoms with E-state index in [1.54, 1.807) is 49.5 Å². The number of epoxide rings is 1. The zero-order valence-electron chi connectivity index (χ0n) is 46.5. The lowest BCUT2D eigenvalue weighted by atomic mass is 9.73. The molecule has 21 nitrogen and oxygen atoms in total. The van der Waals surface area contributed by atoms with Gasteiger partial charge in [-0.15, -0.1) is 0 Å². The second-order valence-electron chi connectivity index (χ2n) is 20.5. The number of ether oxygens (including phenoxy) is 8. The number of likely N-dealkylation sites (tertiary alicyclic amines) is 1. The van der Waals surface area contributed by atoms with Gasteiger partial charge >= 0.3 is 5.97 Å². The average molecular weight is 1130 g/mol. The number of carboxylic acid groups (broad SMARTS) is 1. The Balaban J connectivity index is 0.796. The molecule has 9 rings (SSSR count). The Morgan fingerprint density at radius 3 is 2.13 bits per heavy atom. The third kappa shape index (κ3) is 12.7. The summed E-state index contributed by atoms with van der Waals surface area (Å²) in [5, 5.41) is 19.4. The van der Waals surface area contributed by atoms with Crippen LogP contribution in [0.3, 0.4) is 0 Å². The molecule has 82 heavy (non-hydrogen) atoms. The lowest BCUT2D eigenvalue weighted by Gasteiger charge is -2.43. The van der Waals surface area contributed by atoms with Crippen molar-refractivity contribution in [1.82, 2.24) is 20.4 Å². The van der Waals surface area contributed by atoms with E-state index < -0.39 is 66.0 Å². The Labute approximate surface area is 474 Å². The molecule has 5 aromatic rings. The summed E-state index contributed by atoms with van der Waals surface area (Å²) in [7, 11) is 7.67. The molecule has 3 saturated heterocycles. The summed E-state index contributed by atoms with van der Waals surface area (Å²) in [5.74, 6) is -2.82. The van der Waals surface area contributed by atoms with Crippen molar-refractivity contribution in [2.45, 2.75) is 88.7 Å². The number of rotatable bonds is 25. The summed E-state index contributed by atoms with van der Waals surface area (Å²) >= 11 is 0. The largest absolute Gasteiger partial charge is 0.493 e. The molecule has 7 atom stereocenters. The molecule has 5 aromatic carbocycles. The van der Waals surface area contributed by atoms with Crippen LogP contribution < -0.4 is 49.1 Å². The molecule has 3 fully saturated rings. The van der Waals surface area contributed by atoms with E-state index in [1.165, 1.54) is 39.5 Å². The predicted molar refractivity (Wildman–Crippen MR) is 297 cm³/mol. The van der Waals surface area contributed by atoms with Crippen LogP contribution in [0.1, 0.15) is 87.9 Å². The van der Waals surface area contributed by atoms with Crippen LogP contribution in [-0.2, 0) is 48.1 Å². The molecule has 4 N–H and O–H groups in total. The van der Waals surface area contributed by atoms with Gasteiger partial charge in [0.05, 0.1) is 52.6 Å². The fourth-order valence-corrected chi connectivity index (χ4v) is 11.4. The molecule has 0 aromatic heterocycles. The van der Waals surface area contributed by atoms with Crippen LogP contribution in [0.25, 0.3) is 0 Å². The summed E-state index contributed by atoms with van der Waals surface area (Å²) in [6.45, 7) is 2.41. The number of nitrogens with one attached hydrogen (secondary N) is 3. The Bertz CT molecular complexity index is 3200. The number of benzene rings is 5. The summed E-state index contributed by atoms with van der Waals surface area (Å²) in [6.07, 6.45) is 2.13. The molecule has 4 aliphatic rings. The quantitative estimate of drug-likeness (QED) is 0.0368. The highest BCUT2D eigenvalue weighted by Gasteiger charge is 2.47. The van der Waals surface area contributed by atoms with Crippen molar-refractivity contribution in [3.05, 3.63) is 130 Å². The van der Waals surface area contributed by atoms with Gasteiger partial charge in [0.25, 0.3) is 17.7 Å². The molecule has 0 aliphatic carbocycles. The minimum absolute atomic E-state index is 0.00825. The van der Waals surface area contributed by atoms with Gasteiger partial charge in [-0.1, -0.05) is 43.3 Å². The minimum atomic E-state index is -1.14. The van der Waals surface area contributed by atoms with E-state index >= 15 is 0 Å². The number of imide groups is 2. The number of hydrogen-bond acceptors (Lipinski definition) is 16. The van der Waals surface area contributed by atoms with Crippen LogP contribution in [-0.4, -0.2) is 136 Å². The first-order chi connectivity index (χ1) is 39.7. The Morgan fingerprint density at radius 2 is 1.45 bits per heavy atom. The van der Waals surface area contributed by atoms with E-state index in [0.717, 1.165) is 21.6 Å². The van der Waals surface area contributed by atoms with E-state index in [4.69, 9.17) is 37.9 Å². The summed E-state index contributed by atoms with van der Waals surface area (Å²) in [4.78, 5) is 94.6. The first kappa shape index (κ1) is 58.0. The maximum Gasteiger partial charge on any atom is 0.326 e. The highest BCUT2D eigenvalue weighted by atomic mass is 16.6. The zero-order valence-corrected chi connectivity index (χ0v) is 46.5. The predicted octanol–water partition coefficient (Wildman–Crippen LogP) is 6.33. The fourth-order valence-electron chi connectivity index (χ4n) is 11.4. The van der Waals surface area contributed by atoms with Crippen molar-refractivity contribution >= 4 is 47.1 Å². The van der Waals surface area contributed by atoms with Crippen molar-refractivity contribution in [2.24, 2.45) is 11.8 Å². The number of nitrogens with zero attached hydrogens (tertiary/aromatic N) is 2. The number of hydrogen-bond donors (Lipinski definition) is 4. The van der Waals surface area contributed by atoms with E-state index in [1.807, 2.05) is 55.5 Å². The lowest BCUT2D eigenvalue weighted by molar-refractivity contribution is -0.157. The maximum atomic E-state index is 14.7.